The Morgan fingerprint density at radius 2 is 1.80 bits per heavy atom. The van der Waals surface area contributed by atoms with Crippen molar-refractivity contribution in [3.63, 3.8) is 0 Å². The van der Waals surface area contributed by atoms with Gasteiger partial charge in [0.25, 0.3) is 0 Å². The van der Waals surface area contributed by atoms with E-state index in [0.29, 0.717) is 24.5 Å². The fourth-order valence-corrected chi connectivity index (χ4v) is 3.34. The van der Waals surface area contributed by atoms with E-state index in [-0.39, 0.29) is 5.92 Å². The third-order valence-corrected chi connectivity index (χ3v) is 4.67. The van der Waals surface area contributed by atoms with Gasteiger partial charge in [-0.3, -0.25) is 9.97 Å². The highest BCUT2D eigenvalue weighted by Gasteiger charge is 2.21. The summed E-state index contributed by atoms with van der Waals surface area (Å²) in [5.74, 6) is -0.943. The summed E-state index contributed by atoms with van der Waals surface area (Å²) in [6.07, 6.45) is 1.77. The maximum absolute atomic E-state index is 14.4. The van der Waals surface area contributed by atoms with Crippen LogP contribution in [-0.2, 0) is 4.74 Å². The number of halogens is 2. The van der Waals surface area contributed by atoms with Gasteiger partial charge < -0.3 is 4.74 Å². The normalized spacial score (nSPS) is 15.6. The fraction of sp³-hybridized carbons (Fsp3) is 0.300. The topological polar surface area (TPSA) is 35.0 Å². The number of rotatable bonds is 2. The van der Waals surface area contributed by atoms with Crippen molar-refractivity contribution in [1.82, 2.24) is 9.97 Å². The van der Waals surface area contributed by atoms with Crippen LogP contribution in [0.3, 0.4) is 0 Å². The van der Waals surface area contributed by atoms with Gasteiger partial charge in [-0.25, -0.2) is 8.78 Å². The smallest absolute Gasteiger partial charge is 0.135 e. The summed E-state index contributed by atoms with van der Waals surface area (Å²) in [5.41, 5.74) is 3.39. The van der Waals surface area contributed by atoms with Crippen LogP contribution in [-0.4, -0.2) is 23.2 Å². The first kappa shape index (κ1) is 16.1. The molecule has 0 N–H and O–H groups in total. The first-order valence-corrected chi connectivity index (χ1v) is 8.43. The van der Waals surface area contributed by atoms with E-state index >= 15 is 0 Å². The highest BCUT2D eigenvalue weighted by atomic mass is 19.1. The lowest BCUT2D eigenvalue weighted by Gasteiger charge is -2.22. The second-order valence-corrected chi connectivity index (χ2v) is 6.43. The Morgan fingerprint density at radius 1 is 1.00 bits per heavy atom. The number of hydrogen-bond acceptors (Lipinski definition) is 3. The molecule has 0 unspecified atom stereocenters. The summed E-state index contributed by atoms with van der Waals surface area (Å²) < 4.78 is 33.1. The Balaban J connectivity index is 1.94. The van der Waals surface area contributed by atoms with Gasteiger partial charge in [-0.15, -0.1) is 0 Å². The summed E-state index contributed by atoms with van der Waals surface area (Å²) in [6, 6.07) is 9.36. The molecule has 0 spiro atoms. The minimum absolute atomic E-state index is 0.266. The van der Waals surface area contributed by atoms with Crippen molar-refractivity contribution in [2.45, 2.75) is 25.7 Å². The number of nitrogens with zero attached hydrogens (tertiary/aromatic N) is 2. The van der Waals surface area contributed by atoms with Gasteiger partial charge in [0.15, 0.2) is 0 Å². The molecule has 1 aromatic carbocycles. The molecule has 1 fully saturated rings. The molecule has 3 nitrogen and oxygen atoms in total. The maximum Gasteiger partial charge on any atom is 0.135 e. The van der Waals surface area contributed by atoms with Gasteiger partial charge in [0.1, 0.15) is 11.6 Å². The second-order valence-electron chi connectivity index (χ2n) is 6.43. The molecule has 3 aromatic rings. The molecule has 2 aromatic heterocycles. The molecule has 25 heavy (non-hydrogen) atoms. The number of aromatic nitrogens is 2. The molecule has 5 heteroatoms. The molecular weight excluding hydrogens is 322 g/mol. The molecule has 0 bridgehead atoms. The lowest BCUT2D eigenvalue weighted by Crippen LogP contribution is -2.15. The molecule has 1 aliphatic heterocycles. The second kappa shape index (κ2) is 6.48. The average molecular weight is 340 g/mol. The zero-order valence-electron chi connectivity index (χ0n) is 13.9. The van der Waals surface area contributed by atoms with Gasteiger partial charge in [0.05, 0.1) is 11.2 Å². The minimum Gasteiger partial charge on any atom is -0.381 e. The molecule has 128 valence electrons. The number of ether oxygens (including phenoxy) is 1. The molecule has 0 atom stereocenters. The van der Waals surface area contributed by atoms with Crippen molar-refractivity contribution in [2.75, 3.05) is 13.2 Å². The van der Waals surface area contributed by atoms with Gasteiger partial charge in [0, 0.05) is 47.5 Å². The van der Waals surface area contributed by atoms with E-state index in [9.17, 15) is 8.78 Å². The van der Waals surface area contributed by atoms with Gasteiger partial charge in [0.2, 0.25) is 0 Å². The van der Waals surface area contributed by atoms with E-state index in [1.54, 1.807) is 0 Å². The van der Waals surface area contributed by atoms with Crippen LogP contribution in [0.1, 0.15) is 30.1 Å². The van der Waals surface area contributed by atoms with Gasteiger partial charge in [-0.05, 0) is 50.1 Å². The average Bonchev–Trinajstić information content (AvgIpc) is 2.61. The quantitative estimate of drug-likeness (QED) is 0.673. The zero-order valence-corrected chi connectivity index (χ0v) is 13.9. The molecule has 1 aliphatic rings. The molecule has 4 rings (SSSR count). The Hall–Kier alpha value is -2.40. The lowest BCUT2D eigenvalue weighted by atomic mass is 9.94. The van der Waals surface area contributed by atoms with Crippen LogP contribution >= 0.6 is 0 Å². The summed E-state index contributed by atoms with van der Waals surface area (Å²) in [7, 11) is 0. The molecule has 1 saturated heterocycles. The highest BCUT2D eigenvalue weighted by Crippen LogP contribution is 2.33. The predicted molar refractivity (Wildman–Crippen MR) is 92.4 cm³/mol. The Labute approximate surface area is 144 Å². The van der Waals surface area contributed by atoms with E-state index in [1.165, 1.54) is 12.1 Å². The van der Waals surface area contributed by atoms with Gasteiger partial charge in [-0.1, -0.05) is 0 Å². The molecule has 0 aliphatic carbocycles. The fourth-order valence-electron chi connectivity index (χ4n) is 3.34. The van der Waals surface area contributed by atoms with Crippen molar-refractivity contribution in [2.24, 2.45) is 0 Å². The third-order valence-electron chi connectivity index (χ3n) is 4.67. The van der Waals surface area contributed by atoms with Crippen molar-refractivity contribution in [3.05, 3.63) is 59.4 Å². The zero-order chi connectivity index (χ0) is 17.4. The largest absolute Gasteiger partial charge is 0.381 e. The summed E-state index contributed by atoms with van der Waals surface area (Å²) in [4.78, 5) is 9.35. The number of benzene rings is 1. The van der Waals surface area contributed by atoms with Crippen LogP contribution in [0.25, 0.3) is 22.2 Å². The third kappa shape index (κ3) is 3.12. The lowest BCUT2D eigenvalue weighted by molar-refractivity contribution is 0.0845. The van der Waals surface area contributed by atoms with Crippen molar-refractivity contribution >= 4 is 10.9 Å². The molecule has 0 saturated carbocycles. The first-order chi connectivity index (χ1) is 12.1. The van der Waals surface area contributed by atoms with Crippen LogP contribution in [0.4, 0.5) is 8.78 Å². The Bertz CT molecular complexity index is 936. The van der Waals surface area contributed by atoms with E-state index in [1.807, 2.05) is 25.1 Å². The van der Waals surface area contributed by atoms with E-state index in [4.69, 9.17) is 9.72 Å². The standard InChI is InChI=1S/C20H18F2N2O/c1-12-2-4-16-19(23-12)11-18(13-6-8-25-9-7-13)24-20(16)15-5-3-14(21)10-17(15)22/h2-5,10-11,13H,6-9H2,1H3. The van der Waals surface area contributed by atoms with E-state index in [0.717, 1.165) is 41.2 Å². The molecule has 3 heterocycles. The van der Waals surface area contributed by atoms with Gasteiger partial charge >= 0.3 is 0 Å². The molecular formula is C20H18F2N2O. The Morgan fingerprint density at radius 3 is 2.56 bits per heavy atom. The minimum atomic E-state index is -0.612. The van der Waals surface area contributed by atoms with E-state index < -0.39 is 11.6 Å². The number of aryl methyl sites for hydroxylation is 1. The molecule has 0 radical (unpaired) electrons. The van der Waals surface area contributed by atoms with Crippen LogP contribution in [0, 0.1) is 18.6 Å². The number of hydrogen-bond donors (Lipinski definition) is 0. The number of fused-ring (bicyclic) bond motifs is 1. The Kier molecular flexibility index (Phi) is 4.17. The van der Waals surface area contributed by atoms with Crippen molar-refractivity contribution in [1.29, 1.82) is 0 Å². The monoisotopic (exact) mass is 340 g/mol. The van der Waals surface area contributed by atoms with Crippen LogP contribution in [0.2, 0.25) is 0 Å². The predicted octanol–water partition coefficient (Wildman–Crippen LogP) is 4.78. The van der Waals surface area contributed by atoms with E-state index in [2.05, 4.69) is 4.98 Å². The van der Waals surface area contributed by atoms with Crippen LogP contribution in [0.5, 0.6) is 0 Å². The summed E-state index contributed by atoms with van der Waals surface area (Å²) in [5, 5.41) is 0.770. The van der Waals surface area contributed by atoms with Crippen LogP contribution < -0.4 is 0 Å². The SMILES string of the molecule is Cc1ccc2c(-c3ccc(F)cc3F)nc(C3CCOCC3)cc2n1. The van der Waals surface area contributed by atoms with Crippen molar-refractivity contribution < 1.29 is 13.5 Å². The number of pyridine rings is 2. The van der Waals surface area contributed by atoms with Crippen molar-refractivity contribution in [3.8, 4) is 11.3 Å². The summed E-state index contributed by atoms with van der Waals surface area (Å²) in [6.45, 7) is 3.32. The summed E-state index contributed by atoms with van der Waals surface area (Å²) >= 11 is 0. The van der Waals surface area contributed by atoms with Gasteiger partial charge in [-0.2, -0.15) is 0 Å². The highest BCUT2D eigenvalue weighted by molar-refractivity contribution is 5.92. The molecule has 0 amide bonds. The first-order valence-electron chi connectivity index (χ1n) is 8.43. The maximum atomic E-state index is 14.4. The van der Waals surface area contributed by atoms with Crippen LogP contribution in [0.15, 0.2) is 36.4 Å².